The molecule has 0 radical (unpaired) electrons. The van der Waals surface area contributed by atoms with Crippen molar-refractivity contribution >= 4 is 17.3 Å². The number of anilines is 1. The highest BCUT2D eigenvalue weighted by Crippen LogP contribution is 2.34. The first-order valence-electron chi connectivity index (χ1n) is 8.29. The van der Waals surface area contributed by atoms with Gasteiger partial charge >= 0.3 is 0 Å². The van der Waals surface area contributed by atoms with Gasteiger partial charge in [0.2, 0.25) is 0 Å². The van der Waals surface area contributed by atoms with Crippen LogP contribution in [0.1, 0.15) is 35.7 Å². The lowest BCUT2D eigenvalue weighted by Crippen LogP contribution is -2.47. The Hall–Kier alpha value is -2.89. The van der Waals surface area contributed by atoms with E-state index in [4.69, 9.17) is 5.73 Å². The Kier molecular flexibility index (Phi) is 4.44. The Morgan fingerprint density at radius 1 is 1.24 bits per heavy atom. The van der Waals surface area contributed by atoms with Crippen LogP contribution in [0.3, 0.4) is 0 Å². The fourth-order valence-corrected chi connectivity index (χ4v) is 3.51. The first kappa shape index (κ1) is 17.0. The van der Waals surface area contributed by atoms with Gasteiger partial charge in [-0.3, -0.25) is 14.9 Å². The Labute approximate surface area is 146 Å². The zero-order chi connectivity index (χ0) is 18.0. The standard InChI is InChI=1S/C19H21N3O3/c1-19(15-6-3-2-4-7-15)10-5-11-21(13-19)18(23)14-8-9-16(20)17(12-14)22(24)25/h2-4,6-9,12H,5,10-11,13,20H2,1H3. The minimum Gasteiger partial charge on any atom is -0.393 e. The van der Waals surface area contributed by atoms with Crippen molar-refractivity contribution in [2.45, 2.75) is 25.2 Å². The molecule has 0 aliphatic carbocycles. The quantitative estimate of drug-likeness (QED) is 0.527. The van der Waals surface area contributed by atoms with Gasteiger partial charge in [-0.15, -0.1) is 0 Å². The molecule has 25 heavy (non-hydrogen) atoms. The van der Waals surface area contributed by atoms with Gasteiger partial charge in [-0.05, 0) is 30.5 Å². The summed E-state index contributed by atoms with van der Waals surface area (Å²) in [5.74, 6) is -0.190. The molecule has 1 aliphatic rings. The van der Waals surface area contributed by atoms with Crippen LogP contribution in [-0.2, 0) is 5.41 Å². The maximum Gasteiger partial charge on any atom is 0.292 e. The van der Waals surface area contributed by atoms with Crippen LogP contribution in [0.5, 0.6) is 0 Å². The lowest BCUT2D eigenvalue weighted by molar-refractivity contribution is -0.383. The van der Waals surface area contributed by atoms with Crippen molar-refractivity contribution in [1.82, 2.24) is 4.90 Å². The highest BCUT2D eigenvalue weighted by Gasteiger charge is 2.35. The van der Waals surface area contributed by atoms with E-state index in [0.29, 0.717) is 18.7 Å². The van der Waals surface area contributed by atoms with Crippen molar-refractivity contribution in [3.63, 3.8) is 0 Å². The molecule has 0 aromatic heterocycles. The fraction of sp³-hybridized carbons (Fsp3) is 0.316. The average molecular weight is 339 g/mol. The van der Waals surface area contributed by atoms with Gasteiger partial charge < -0.3 is 10.6 Å². The zero-order valence-electron chi connectivity index (χ0n) is 14.1. The summed E-state index contributed by atoms with van der Waals surface area (Å²) in [5.41, 5.74) is 6.85. The van der Waals surface area contributed by atoms with Crippen LogP contribution >= 0.6 is 0 Å². The molecule has 6 nitrogen and oxygen atoms in total. The number of nitro groups is 1. The summed E-state index contributed by atoms with van der Waals surface area (Å²) < 4.78 is 0. The second-order valence-corrected chi connectivity index (χ2v) is 6.79. The molecule has 130 valence electrons. The lowest BCUT2D eigenvalue weighted by atomic mass is 9.76. The monoisotopic (exact) mass is 339 g/mol. The van der Waals surface area contributed by atoms with Gasteiger partial charge in [0, 0.05) is 30.1 Å². The summed E-state index contributed by atoms with van der Waals surface area (Å²) >= 11 is 0. The Morgan fingerprint density at radius 2 is 1.96 bits per heavy atom. The van der Waals surface area contributed by atoms with Crippen molar-refractivity contribution in [2.75, 3.05) is 18.8 Å². The molecular formula is C19H21N3O3. The van der Waals surface area contributed by atoms with Gasteiger partial charge in [-0.1, -0.05) is 37.3 Å². The molecule has 1 unspecified atom stereocenters. The largest absolute Gasteiger partial charge is 0.393 e. The number of hydrogen-bond acceptors (Lipinski definition) is 4. The van der Waals surface area contributed by atoms with Crippen molar-refractivity contribution in [3.8, 4) is 0 Å². The van der Waals surface area contributed by atoms with Crippen molar-refractivity contribution in [2.24, 2.45) is 0 Å². The minimum atomic E-state index is -0.559. The maximum absolute atomic E-state index is 12.9. The zero-order valence-corrected chi connectivity index (χ0v) is 14.1. The van der Waals surface area contributed by atoms with E-state index in [0.717, 1.165) is 12.8 Å². The summed E-state index contributed by atoms with van der Waals surface area (Å²) in [6, 6.07) is 14.4. The smallest absolute Gasteiger partial charge is 0.292 e. The van der Waals surface area contributed by atoms with Gasteiger partial charge in [-0.2, -0.15) is 0 Å². The molecule has 6 heteroatoms. The van der Waals surface area contributed by atoms with Gasteiger partial charge in [-0.25, -0.2) is 0 Å². The van der Waals surface area contributed by atoms with Crippen LogP contribution in [-0.4, -0.2) is 28.8 Å². The van der Waals surface area contributed by atoms with E-state index in [2.05, 4.69) is 19.1 Å². The number of nitrogen functional groups attached to an aromatic ring is 1. The Morgan fingerprint density at radius 3 is 2.64 bits per heavy atom. The van der Waals surface area contributed by atoms with Crippen LogP contribution in [0.15, 0.2) is 48.5 Å². The minimum absolute atomic E-state index is 0.0642. The molecule has 0 spiro atoms. The van der Waals surface area contributed by atoms with E-state index < -0.39 is 4.92 Å². The molecule has 0 bridgehead atoms. The normalized spacial score (nSPS) is 20.3. The summed E-state index contributed by atoms with van der Waals surface area (Å²) in [6.07, 6.45) is 1.90. The fourth-order valence-electron chi connectivity index (χ4n) is 3.51. The van der Waals surface area contributed by atoms with Gasteiger partial charge in [0.15, 0.2) is 0 Å². The molecule has 1 saturated heterocycles. The maximum atomic E-state index is 12.9. The highest BCUT2D eigenvalue weighted by atomic mass is 16.6. The van der Waals surface area contributed by atoms with E-state index >= 15 is 0 Å². The topological polar surface area (TPSA) is 89.5 Å². The highest BCUT2D eigenvalue weighted by molar-refractivity contribution is 5.95. The molecule has 2 N–H and O–H groups in total. The summed E-state index contributed by atoms with van der Waals surface area (Å²) in [6.45, 7) is 3.40. The van der Waals surface area contributed by atoms with E-state index in [1.165, 1.54) is 17.7 Å². The molecular weight excluding hydrogens is 318 g/mol. The first-order valence-corrected chi connectivity index (χ1v) is 8.29. The number of hydrogen-bond donors (Lipinski definition) is 1. The molecule has 1 aliphatic heterocycles. The van der Waals surface area contributed by atoms with Crippen LogP contribution in [0, 0.1) is 10.1 Å². The number of likely N-dealkylation sites (tertiary alicyclic amines) is 1. The summed E-state index contributed by atoms with van der Waals surface area (Å²) in [7, 11) is 0. The number of rotatable bonds is 3. The summed E-state index contributed by atoms with van der Waals surface area (Å²) in [5, 5.41) is 11.1. The van der Waals surface area contributed by atoms with E-state index in [9.17, 15) is 14.9 Å². The number of carbonyl (C=O) groups is 1. The predicted molar refractivity (Wildman–Crippen MR) is 96.4 cm³/mol. The molecule has 2 aromatic rings. The molecule has 2 aromatic carbocycles. The van der Waals surface area contributed by atoms with E-state index in [-0.39, 0.29) is 22.7 Å². The first-order chi connectivity index (χ1) is 11.9. The number of amides is 1. The van der Waals surface area contributed by atoms with Crippen LogP contribution < -0.4 is 5.73 Å². The predicted octanol–water partition coefficient (Wildman–Crippen LogP) is 3.37. The lowest BCUT2D eigenvalue weighted by Gasteiger charge is -2.41. The Bertz CT molecular complexity index is 807. The SMILES string of the molecule is CC1(c2ccccc2)CCCN(C(=O)c2ccc(N)c([N+](=O)[O-])c2)C1. The third-order valence-electron chi connectivity index (χ3n) is 4.93. The third kappa shape index (κ3) is 3.33. The molecule has 3 rings (SSSR count). The number of piperidine rings is 1. The summed E-state index contributed by atoms with van der Waals surface area (Å²) in [4.78, 5) is 25.2. The number of nitrogens with two attached hydrogens (primary N) is 1. The number of benzene rings is 2. The number of nitro benzene ring substituents is 1. The molecule has 1 fully saturated rings. The van der Waals surface area contributed by atoms with E-state index in [1.54, 1.807) is 11.0 Å². The average Bonchev–Trinajstić information content (AvgIpc) is 2.62. The van der Waals surface area contributed by atoms with Gasteiger partial charge in [0.05, 0.1) is 4.92 Å². The van der Waals surface area contributed by atoms with Crippen LogP contribution in [0.2, 0.25) is 0 Å². The van der Waals surface area contributed by atoms with Crippen LogP contribution in [0.25, 0.3) is 0 Å². The van der Waals surface area contributed by atoms with Crippen molar-refractivity contribution < 1.29 is 9.72 Å². The Balaban J connectivity index is 1.86. The van der Waals surface area contributed by atoms with Gasteiger partial charge in [0.1, 0.15) is 5.69 Å². The second-order valence-electron chi connectivity index (χ2n) is 6.79. The van der Waals surface area contributed by atoms with Gasteiger partial charge in [0.25, 0.3) is 11.6 Å². The van der Waals surface area contributed by atoms with Crippen LogP contribution in [0.4, 0.5) is 11.4 Å². The van der Waals surface area contributed by atoms with Crippen molar-refractivity contribution in [1.29, 1.82) is 0 Å². The second kappa shape index (κ2) is 6.55. The number of carbonyl (C=O) groups excluding carboxylic acids is 1. The van der Waals surface area contributed by atoms with E-state index in [1.807, 2.05) is 18.2 Å². The third-order valence-corrected chi connectivity index (χ3v) is 4.93. The molecule has 1 heterocycles. The molecule has 0 saturated carbocycles. The molecule has 1 amide bonds. The van der Waals surface area contributed by atoms with Crippen molar-refractivity contribution in [3.05, 3.63) is 69.8 Å². The molecule has 1 atom stereocenters. The number of nitrogens with zero attached hydrogens (tertiary/aromatic N) is 2.